The zero-order valence-corrected chi connectivity index (χ0v) is 19.3. The van der Waals surface area contributed by atoms with Gasteiger partial charge in [-0.2, -0.15) is 0 Å². The molecule has 166 valence electrons. The maximum atomic E-state index is 13.8. The topological polar surface area (TPSA) is 38.8 Å². The van der Waals surface area contributed by atoms with Crippen molar-refractivity contribution in [3.05, 3.63) is 107 Å². The lowest BCUT2D eigenvalue weighted by Gasteiger charge is -2.35. The van der Waals surface area contributed by atoms with Gasteiger partial charge in [-0.05, 0) is 26.3 Å². The van der Waals surface area contributed by atoms with Gasteiger partial charge in [-0.15, -0.1) is 5.06 Å². The van der Waals surface area contributed by atoms with Crippen LogP contribution in [0.15, 0.2) is 84.9 Å². The number of benzene rings is 4. The Kier molecular flexibility index (Phi) is 5.18. The fraction of sp³-hybridized carbons (Fsp3) is 0.207. The molecule has 1 aliphatic rings. The molecule has 0 bridgehead atoms. The van der Waals surface area contributed by atoms with Gasteiger partial charge >= 0.3 is 0 Å². The Balaban J connectivity index is 1.86. The number of hydrogen-bond acceptors (Lipinski definition) is 4. The highest BCUT2D eigenvalue weighted by molar-refractivity contribution is 6.19. The summed E-state index contributed by atoms with van der Waals surface area (Å²) in [6, 6.07) is 27.3. The molecule has 0 aromatic heterocycles. The second-order valence-electron chi connectivity index (χ2n) is 9.29. The molecule has 0 radical (unpaired) electrons. The van der Waals surface area contributed by atoms with Gasteiger partial charge in [0.1, 0.15) is 11.8 Å². The molecule has 1 aliphatic heterocycles. The standard InChI is InChI=1S/C29H27NO3/c1-29(2,3)30-25(19-13-7-5-8-14-19)24-27(33-30)22-18-12-11-17-21(22)23(28(24)32-4)26(31)20-15-9-6-10-16-20/h5-18,25H,1-4H3. The number of ketones is 1. The van der Waals surface area contributed by atoms with Crippen LogP contribution in [0.25, 0.3) is 10.8 Å². The molecule has 0 N–H and O–H groups in total. The van der Waals surface area contributed by atoms with Crippen LogP contribution >= 0.6 is 0 Å². The number of rotatable bonds is 4. The SMILES string of the molecule is COc1c2c(c3ccccc3c1C(=O)c1ccccc1)ON(C(C)(C)C)C2c1ccccc1. The van der Waals surface area contributed by atoms with Crippen LogP contribution < -0.4 is 9.57 Å². The molecule has 4 nitrogen and oxygen atoms in total. The maximum absolute atomic E-state index is 13.8. The predicted octanol–water partition coefficient (Wildman–Crippen LogP) is 6.58. The van der Waals surface area contributed by atoms with E-state index in [0.717, 1.165) is 27.6 Å². The molecule has 0 fully saturated rings. The van der Waals surface area contributed by atoms with Crippen LogP contribution in [-0.4, -0.2) is 23.5 Å². The minimum Gasteiger partial charge on any atom is -0.495 e. The molecule has 0 amide bonds. The van der Waals surface area contributed by atoms with Crippen molar-refractivity contribution in [2.45, 2.75) is 32.4 Å². The molecule has 33 heavy (non-hydrogen) atoms. The fourth-order valence-electron chi connectivity index (χ4n) is 4.65. The number of nitrogens with zero attached hydrogens (tertiary/aromatic N) is 1. The van der Waals surface area contributed by atoms with E-state index in [-0.39, 0.29) is 17.4 Å². The van der Waals surface area contributed by atoms with E-state index in [2.05, 4.69) is 32.9 Å². The van der Waals surface area contributed by atoms with Gasteiger partial charge in [0, 0.05) is 21.9 Å². The zero-order valence-electron chi connectivity index (χ0n) is 19.3. The molecule has 0 saturated carbocycles. The van der Waals surface area contributed by atoms with Crippen molar-refractivity contribution < 1.29 is 14.4 Å². The third kappa shape index (κ3) is 3.47. The Bertz CT molecular complexity index is 1320. The second kappa shape index (κ2) is 8.05. The van der Waals surface area contributed by atoms with Crippen LogP contribution in [0.1, 0.15) is 53.9 Å². The summed E-state index contributed by atoms with van der Waals surface area (Å²) in [7, 11) is 1.63. The van der Waals surface area contributed by atoms with Gasteiger partial charge in [0.2, 0.25) is 0 Å². The molecule has 4 aromatic carbocycles. The number of hydroxylamine groups is 2. The van der Waals surface area contributed by atoms with Crippen molar-refractivity contribution in [3.63, 3.8) is 0 Å². The van der Waals surface area contributed by atoms with Crippen molar-refractivity contribution in [2.24, 2.45) is 0 Å². The van der Waals surface area contributed by atoms with E-state index in [0.29, 0.717) is 16.9 Å². The number of fused-ring (bicyclic) bond motifs is 3. The van der Waals surface area contributed by atoms with Crippen LogP contribution in [0.4, 0.5) is 0 Å². The van der Waals surface area contributed by atoms with Gasteiger partial charge in [0.25, 0.3) is 0 Å². The Morgan fingerprint density at radius 3 is 2.03 bits per heavy atom. The van der Waals surface area contributed by atoms with Gasteiger partial charge in [0.05, 0.1) is 18.2 Å². The maximum Gasteiger partial charge on any atom is 0.197 e. The number of methoxy groups -OCH3 is 1. The monoisotopic (exact) mass is 437 g/mol. The van der Waals surface area contributed by atoms with Crippen LogP contribution in [0.2, 0.25) is 0 Å². The summed E-state index contributed by atoms with van der Waals surface area (Å²) in [5, 5.41) is 3.74. The number of ether oxygens (including phenoxy) is 1. The normalized spacial score (nSPS) is 15.8. The molecule has 1 heterocycles. The first-order chi connectivity index (χ1) is 15.9. The Labute approximate surface area is 194 Å². The van der Waals surface area contributed by atoms with Crippen LogP contribution in [0, 0.1) is 0 Å². The van der Waals surface area contributed by atoms with Crippen molar-refractivity contribution >= 4 is 16.6 Å². The highest BCUT2D eigenvalue weighted by Crippen LogP contribution is 2.54. The summed E-state index contributed by atoms with van der Waals surface area (Å²) in [5.41, 5.74) is 2.87. The van der Waals surface area contributed by atoms with E-state index in [1.807, 2.05) is 77.9 Å². The molecule has 1 unspecified atom stereocenters. The Morgan fingerprint density at radius 2 is 1.42 bits per heavy atom. The third-order valence-electron chi connectivity index (χ3n) is 6.10. The van der Waals surface area contributed by atoms with Crippen molar-refractivity contribution in [1.82, 2.24) is 5.06 Å². The summed E-state index contributed by atoms with van der Waals surface area (Å²) in [6.45, 7) is 6.37. The first kappa shape index (κ1) is 21.2. The minimum atomic E-state index is -0.296. The average Bonchev–Trinajstić information content (AvgIpc) is 3.25. The van der Waals surface area contributed by atoms with Crippen molar-refractivity contribution in [2.75, 3.05) is 7.11 Å². The quantitative estimate of drug-likeness (QED) is 0.338. The number of hydrogen-bond donors (Lipinski definition) is 0. The lowest BCUT2D eigenvalue weighted by atomic mass is 9.88. The van der Waals surface area contributed by atoms with E-state index >= 15 is 0 Å². The average molecular weight is 438 g/mol. The molecule has 4 heteroatoms. The Hall–Kier alpha value is -3.63. The first-order valence-corrected chi connectivity index (χ1v) is 11.2. The molecule has 0 aliphatic carbocycles. The van der Waals surface area contributed by atoms with E-state index in [4.69, 9.17) is 9.57 Å². The smallest absolute Gasteiger partial charge is 0.197 e. The second-order valence-corrected chi connectivity index (χ2v) is 9.29. The third-order valence-corrected chi connectivity index (χ3v) is 6.10. The summed E-state index contributed by atoms with van der Waals surface area (Å²) in [5.74, 6) is 1.25. The van der Waals surface area contributed by atoms with Crippen molar-refractivity contribution in [3.8, 4) is 11.5 Å². The van der Waals surface area contributed by atoms with Gasteiger partial charge in [-0.1, -0.05) is 84.9 Å². The molecular weight excluding hydrogens is 410 g/mol. The fourth-order valence-corrected chi connectivity index (χ4v) is 4.65. The predicted molar refractivity (Wildman–Crippen MR) is 131 cm³/mol. The van der Waals surface area contributed by atoms with Gasteiger partial charge in [-0.25, -0.2) is 0 Å². The molecule has 5 rings (SSSR count). The van der Waals surface area contributed by atoms with Crippen molar-refractivity contribution in [1.29, 1.82) is 0 Å². The van der Waals surface area contributed by atoms with E-state index < -0.39 is 0 Å². The largest absolute Gasteiger partial charge is 0.495 e. The number of carbonyl (C=O) groups excluding carboxylic acids is 1. The Morgan fingerprint density at radius 1 is 0.848 bits per heavy atom. The molecule has 0 saturated heterocycles. The highest BCUT2D eigenvalue weighted by atomic mass is 16.7. The van der Waals surface area contributed by atoms with Crippen LogP contribution in [0.3, 0.4) is 0 Å². The van der Waals surface area contributed by atoms with E-state index in [9.17, 15) is 4.79 Å². The zero-order chi connectivity index (χ0) is 23.2. The summed E-state index contributed by atoms with van der Waals surface area (Å²) >= 11 is 0. The van der Waals surface area contributed by atoms with Gasteiger partial charge in [-0.3, -0.25) is 4.79 Å². The number of carbonyl (C=O) groups is 1. The van der Waals surface area contributed by atoms with Crippen LogP contribution in [-0.2, 0) is 0 Å². The van der Waals surface area contributed by atoms with E-state index in [1.54, 1.807) is 7.11 Å². The molecule has 4 aromatic rings. The first-order valence-electron chi connectivity index (χ1n) is 11.2. The summed E-state index contributed by atoms with van der Waals surface area (Å²) in [4.78, 5) is 20.4. The molecule has 1 atom stereocenters. The lowest BCUT2D eigenvalue weighted by molar-refractivity contribution is -0.128. The molecule has 0 spiro atoms. The van der Waals surface area contributed by atoms with Gasteiger partial charge in [0.15, 0.2) is 11.5 Å². The summed E-state index contributed by atoms with van der Waals surface area (Å²) < 4.78 is 6.02. The van der Waals surface area contributed by atoms with E-state index in [1.165, 1.54) is 0 Å². The van der Waals surface area contributed by atoms with Gasteiger partial charge < -0.3 is 9.57 Å². The summed E-state index contributed by atoms with van der Waals surface area (Å²) in [6.07, 6.45) is 0. The highest BCUT2D eigenvalue weighted by Gasteiger charge is 2.45. The molecular formula is C29H27NO3. The van der Waals surface area contributed by atoms with Crippen LogP contribution in [0.5, 0.6) is 11.5 Å². The minimum absolute atomic E-state index is 0.0625. The lowest BCUT2D eigenvalue weighted by Crippen LogP contribution is -2.43.